The first-order chi connectivity index (χ1) is 6.75. The number of aromatic nitrogens is 2. The highest BCUT2D eigenvalue weighted by Gasteiger charge is 2.26. The third-order valence-electron chi connectivity index (χ3n) is 2.50. The maximum Gasteiger partial charge on any atom is 0.168 e. The number of nitrogens with two attached hydrogens (primary N) is 1. The standard InChI is InChI=1S/C9H14N4O/c10-8-9(12-2-1-11-8)13-5-6-3-7(14)4-6/h1-2,6-7,14H,3-5H2,(H2,10,11)(H,12,13). The molecular weight excluding hydrogens is 180 g/mol. The Hall–Kier alpha value is -1.36. The highest BCUT2D eigenvalue weighted by atomic mass is 16.3. The highest BCUT2D eigenvalue weighted by Crippen LogP contribution is 2.27. The van der Waals surface area contributed by atoms with Crippen LogP contribution in [-0.2, 0) is 0 Å². The largest absolute Gasteiger partial charge is 0.393 e. The first-order valence-corrected chi connectivity index (χ1v) is 4.74. The van der Waals surface area contributed by atoms with Crippen LogP contribution in [0.1, 0.15) is 12.8 Å². The molecule has 0 saturated heterocycles. The minimum Gasteiger partial charge on any atom is -0.393 e. The van der Waals surface area contributed by atoms with E-state index in [4.69, 9.17) is 10.8 Å². The number of anilines is 2. The summed E-state index contributed by atoms with van der Waals surface area (Å²) in [6.07, 6.45) is 4.79. The summed E-state index contributed by atoms with van der Waals surface area (Å²) < 4.78 is 0. The molecular formula is C9H14N4O. The van der Waals surface area contributed by atoms with Crippen molar-refractivity contribution < 1.29 is 5.11 Å². The lowest BCUT2D eigenvalue weighted by Crippen LogP contribution is -2.33. The summed E-state index contributed by atoms with van der Waals surface area (Å²) >= 11 is 0. The summed E-state index contributed by atoms with van der Waals surface area (Å²) in [6, 6.07) is 0. The second kappa shape index (κ2) is 3.79. The monoisotopic (exact) mass is 194 g/mol. The predicted molar refractivity (Wildman–Crippen MR) is 53.7 cm³/mol. The molecule has 1 fully saturated rings. The Morgan fingerprint density at radius 2 is 2.14 bits per heavy atom. The van der Waals surface area contributed by atoms with E-state index < -0.39 is 0 Å². The second-order valence-corrected chi connectivity index (χ2v) is 3.66. The predicted octanol–water partition coefficient (Wildman–Crippen LogP) is 0.242. The quantitative estimate of drug-likeness (QED) is 0.642. The molecule has 1 aromatic rings. The zero-order chi connectivity index (χ0) is 9.97. The molecule has 0 aromatic carbocycles. The van der Waals surface area contributed by atoms with Crippen molar-refractivity contribution in [3.63, 3.8) is 0 Å². The van der Waals surface area contributed by atoms with Crippen LogP contribution in [-0.4, -0.2) is 27.7 Å². The fourth-order valence-corrected chi connectivity index (χ4v) is 1.59. The van der Waals surface area contributed by atoms with Gasteiger partial charge in [-0.2, -0.15) is 0 Å². The molecule has 1 saturated carbocycles. The minimum absolute atomic E-state index is 0.110. The zero-order valence-corrected chi connectivity index (χ0v) is 7.85. The van der Waals surface area contributed by atoms with Gasteiger partial charge in [0.15, 0.2) is 11.6 Å². The molecule has 14 heavy (non-hydrogen) atoms. The molecule has 0 radical (unpaired) electrons. The number of nitrogens with one attached hydrogen (secondary N) is 1. The van der Waals surface area contributed by atoms with Crippen LogP contribution in [0.3, 0.4) is 0 Å². The molecule has 0 unspecified atom stereocenters. The molecule has 4 N–H and O–H groups in total. The number of aliphatic hydroxyl groups excluding tert-OH is 1. The molecule has 1 aliphatic rings. The lowest BCUT2D eigenvalue weighted by Gasteiger charge is -2.31. The van der Waals surface area contributed by atoms with E-state index in [0.717, 1.165) is 19.4 Å². The topological polar surface area (TPSA) is 84.1 Å². The van der Waals surface area contributed by atoms with Gasteiger partial charge in [-0.3, -0.25) is 0 Å². The SMILES string of the molecule is Nc1nccnc1NCC1CC(O)C1. The number of hydrogen-bond acceptors (Lipinski definition) is 5. The zero-order valence-electron chi connectivity index (χ0n) is 7.85. The fourth-order valence-electron chi connectivity index (χ4n) is 1.59. The summed E-state index contributed by atoms with van der Waals surface area (Å²) in [5.74, 6) is 1.59. The second-order valence-electron chi connectivity index (χ2n) is 3.66. The van der Waals surface area contributed by atoms with Gasteiger partial charge < -0.3 is 16.2 Å². The van der Waals surface area contributed by atoms with E-state index in [1.807, 2.05) is 0 Å². The van der Waals surface area contributed by atoms with E-state index in [-0.39, 0.29) is 6.10 Å². The Morgan fingerprint density at radius 1 is 1.43 bits per heavy atom. The molecule has 1 aromatic heterocycles. The van der Waals surface area contributed by atoms with Gasteiger partial charge >= 0.3 is 0 Å². The van der Waals surface area contributed by atoms with Gasteiger partial charge in [0.2, 0.25) is 0 Å². The van der Waals surface area contributed by atoms with Gasteiger partial charge in [0, 0.05) is 18.9 Å². The Bertz CT molecular complexity index is 311. The van der Waals surface area contributed by atoms with Crippen LogP contribution in [0.5, 0.6) is 0 Å². The Labute approximate surface area is 82.4 Å². The molecule has 0 aliphatic heterocycles. The van der Waals surface area contributed by atoms with Crippen molar-refractivity contribution in [1.82, 2.24) is 9.97 Å². The van der Waals surface area contributed by atoms with Crippen molar-refractivity contribution >= 4 is 11.6 Å². The third kappa shape index (κ3) is 1.93. The average molecular weight is 194 g/mol. The van der Waals surface area contributed by atoms with Crippen molar-refractivity contribution in [2.45, 2.75) is 18.9 Å². The Morgan fingerprint density at radius 3 is 2.79 bits per heavy atom. The van der Waals surface area contributed by atoms with Gasteiger partial charge in [0.25, 0.3) is 0 Å². The van der Waals surface area contributed by atoms with Crippen LogP contribution >= 0.6 is 0 Å². The van der Waals surface area contributed by atoms with Crippen LogP contribution in [0, 0.1) is 5.92 Å². The number of nitrogens with zero attached hydrogens (tertiary/aromatic N) is 2. The molecule has 2 rings (SSSR count). The Balaban J connectivity index is 1.83. The lowest BCUT2D eigenvalue weighted by atomic mass is 9.82. The summed E-state index contributed by atoms with van der Waals surface area (Å²) in [5, 5.41) is 12.2. The smallest absolute Gasteiger partial charge is 0.168 e. The Kier molecular flexibility index (Phi) is 2.49. The fraction of sp³-hybridized carbons (Fsp3) is 0.556. The maximum atomic E-state index is 9.09. The normalized spacial score (nSPS) is 25.5. The van der Waals surface area contributed by atoms with E-state index >= 15 is 0 Å². The first kappa shape index (κ1) is 9.21. The van der Waals surface area contributed by atoms with Crippen molar-refractivity contribution in [2.75, 3.05) is 17.6 Å². The summed E-state index contributed by atoms with van der Waals surface area (Å²) in [4.78, 5) is 7.99. The van der Waals surface area contributed by atoms with Crippen molar-refractivity contribution in [3.05, 3.63) is 12.4 Å². The molecule has 0 spiro atoms. The van der Waals surface area contributed by atoms with E-state index in [9.17, 15) is 0 Å². The van der Waals surface area contributed by atoms with E-state index in [1.165, 1.54) is 0 Å². The molecule has 76 valence electrons. The molecule has 0 bridgehead atoms. The third-order valence-corrected chi connectivity index (χ3v) is 2.50. The first-order valence-electron chi connectivity index (χ1n) is 4.74. The van der Waals surface area contributed by atoms with Crippen LogP contribution in [0.15, 0.2) is 12.4 Å². The molecule has 5 nitrogen and oxygen atoms in total. The van der Waals surface area contributed by atoms with Crippen LogP contribution in [0.4, 0.5) is 11.6 Å². The van der Waals surface area contributed by atoms with Crippen molar-refractivity contribution in [2.24, 2.45) is 5.92 Å². The van der Waals surface area contributed by atoms with Crippen molar-refractivity contribution in [1.29, 1.82) is 0 Å². The minimum atomic E-state index is -0.110. The van der Waals surface area contributed by atoms with Gasteiger partial charge in [0.1, 0.15) is 0 Å². The van der Waals surface area contributed by atoms with Crippen molar-refractivity contribution in [3.8, 4) is 0 Å². The maximum absolute atomic E-state index is 9.09. The number of aliphatic hydroxyl groups is 1. The van der Waals surface area contributed by atoms with E-state index in [1.54, 1.807) is 12.4 Å². The van der Waals surface area contributed by atoms with Gasteiger partial charge in [-0.25, -0.2) is 9.97 Å². The van der Waals surface area contributed by atoms with Gasteiger partial charge in [-0.15, -0.1) is 0 Å². The highest BCUT2D eigenvalue weighted by molar-refractivity contribution is 5.54. The molecule has 0 atom stereocenters. The molecule has 0 amide bonds. The molecule has 1 heterocycles. The number of hydrogen-bond donors (Lipinski definition) is 3. The number of nitrogen functional groups attached to an aromatic ring is 1. The lowest BCUT2D eigenvalue weighted by molar-refractivity contribution is 0.0486. The van der Waals surface area contributed by atoms with E-state index in [0.29, 0.717) is 17.6 Å². The van der Waals surface area contributed by atoms with Crippen LogP contribution in [0.25, 0.3) is 0 Å². The van der Waals surface area contributed by atoms with Gasteiger partial charge in [-0.1, -0.05) is 0 Å². The molecule has 1 aliphatic carbocycles. The van der Waals surface area contributed by atoms with Crippen LogP contribution < -0.4 is 11.1 Å². The van der Waals surface area contributed by atoms with Crippen LogP contribution in [0.2, 0.25) is 0 Å². The average Bonchev–Trinajstić information content (AvgIpc) is 2.13. The summed E-state index contributed by atoms with van der Waals surface area (Å²) in [7, 11) is 0. The van der Waals surface area contributed by atoms with Gasteiger partial charge in [0.05, 0.1) is 6.10 Å². The summed E-state index contributed by atoms with van der Waals surface area (Å²) in [6.45, 7) is 0.806. The molecule has 5 heteroatoms. The van der Waals surface area contributed by atoms with E-state index in [2.05, 4.69) is 15.3 Å². The summed E-state index contributed by atoms with van der Waals surface area (Å²) in [5.41, 5.74) is 5.61. The number of rotatable bonds is 3. The van der Waals surface area contributed by atoms with Gasteiger partial charge in [-0.05, 0) is 18.8 Å².